The van der Waals surface area contributed by atoms with Gasteiger partial charge in [0, 0.05) is 25.3 Å². The maximum atomic E-state index is 5.87. The Bertz CT molecular complexity index is 356. The van der Waals surface area contributed by atoms with Gasteiger partial charge in [0.15, 0.2) is 0 Å². The fraction of sp³-hybridized carbons (Fsp3) is 0.769. The van der Waals surface area contributed by atoms with E-state index in [1.165, 1.54) is 31.6 Å². The van der Waals surface area contributed by atoms with Crippen LogP contribution in [-0.2, 0) is 17.9 Å². The zero-order chi connectivity index (χ0) is 12.3. The number of rotatable bonds is 5. The minimum Gasteiger partial charge on any atom is -0.357 e. The van der Waals surface area contributed by atoms with E-state index in [4.69, 9.17) is 4.74 Å². The third kappa shape index (κ3) is 3.07. The summed E-state index contributed by atoms with van der Waals surface area (Å²) >= 11 is 0. The van der Waals surface area contributed by atoms with Gasteiger partial charge >= 0.3 is 0 Å². The van der Waals surface area contributed by atoms with Crippen LogP contribution in [0.5, 0.6) is 0 Å². The van der Waals surface area contributed by atoms with Crippen molar-refractivity contribution in [1.29, 1.82) is 0 Å². The van der Waals surface area contributed by atoms with E-state index in [1.54, 1.807) is 0 Å². The predicted octanol–water partition coefficient (Wildman–Crippen LogP) is 2.17. The lowest BCUT2D eigenvalue weighted by Gasteiger charge is -2.23. The molecule has 0 radical (unpaired) electrons. The molecular formula is C13H23N3O. The number of aromatic nitrogens is 2. The van der Waals surface area contributed by atoms with Crippen molar-refractivity contribution >= 4 is 0 Å². The van der Waals surface area contributed by atoms with E-state index in [9.17, 15) is 0 Å². The van der Waals surface area contributed by atoms with Crippen LogP contribution in [0.2, 0.25) is 0 Å². The van der Waals surface area contributed by atoms with Crippen LogP contribution >= 0.6 is 0 Å². The van der Waals surface area contributed by atoms with E-state index in [0.29, 0.717) is 6.61 Å². The predicted molar refractivity (Wildman–Crippen MR) is 67.7 cm³/mol. The second kappa shape index (κ2) is 5.65. The average Bonchev–Trinajstić information content (AvgIpc) is 2.95. The molecule has 4 nitrogen and oxygen atoms in total. The molecule has 1 atom stereocenters. The quantitative estimate of drug-likeness (QED) is 0.786. The maximum Gasteiger partial charge on any atom is 0.108 e. The molecule has 1 aliphatic rings. The first-order valence-corrected chi connectivity index (χ1v) is 6.59. The zero-order valence-electron chi connectivity index (χ0n) is 11.1. The van der Waals surface area contributed by atoms with Gasteiger partial charge in [-0.3, -0.25) is 9.58 Å². The Hall–Kier alpha value is -0.870. The third-order valence-corrected chi connectivity index (χ3v) is 3.46. The van der Waals surface area contributed by atoms with E-state index in [1.807, 2.05) is 4.68 Å². The summed E-state index contributed by atoms with van der Waals surface area (Å²) in [5, 5.41) is 4.50. The van der Waals surface area contributed by atoms with Gasteiger partial charge in [0.25, 0.3) is 0 Å². The molecule has 0 bridgehead atoms. The smallest absolute Gasteiger partial charge is 0.108 e. The lowest BCUT2D eigenvalue weighted by molar-refractivity contribution is -0.0471. The van der Waals surface area contributed by atoms with Crippen molar-refractivity contribution in [3.63, 3.8) is 0 Å². The normalized spacial score (nSPS) is 18.8. The van der Waals surface area contributed by atoms with Crippen LogP contribution in [-0.4, -0.2) is 34.0 Å². The SMILES string of the molecule is CCn1nc(COC(C)N2CCCC2)cc1C. The van der Waals surface area contributed by atoms with E-state index in [0.717, 1.165) is 12.2 Å². The van der Waals surface area contributed by atoms with Crippen LogP contribution < -0.4 is 0 Å². The largest absolute Gasteiger partial charge is 0.357 e. The Morgan fingerprint density at radius 1 is 1.41 bits per heavy atom. The molecule has 2 rings (SSSR count). The molecule has 0 amide bonds. The number of aryl methyl sites for hydroxylation is 2. The van der Waals surface area contributed by atoms with Crippen LogP contribution in [0.1, 0.15) is 38.1 Å². The highest BCUT2D eigenvalue weighted by Crippen LogP contribution is 2.14. The summed E-state index contributed by atoms with van der Waals surface area (Å²) in [5.41, 5.74) is 2.25. The summed E-state index contributed by atoms with van der Waals surface area (Å²) in [6.07, 6.45) is 2.82. The van der Waals surface area contributed by atoms with Crippen molar-refractivity contribution < 1.29 is 4.74 Å². The van der Waals surface area contributed by atoms with E-state index in [2.05, 4.69) is 36.8 Å². The van der Waals surface area contributed by atoms with Crippen molar-refractivity contribution in [3.05, 3.63) is 17.5 Å². The number of ether oxygens (including phenoxy) is 1. The molecule has 0 saturated carbocycles. The summed E-state index contributed by atoms with van der Waals surface area (Å²) in [4.78, 5) is 2.39. The zero-order valence-corrected chi connectivity index (χ0v) is 11.1. The molecule has 1 saturated heterocycles. The van der Waals surface area contributed by atoms with Crippen LogP contribution in [0.3, 0.4) is 0 Å². The summed E-state index contributed by atoms with van der Waals surface area (Å²) in [6, 6.07) is 2.11. The fourth-order valence-electron chi connectivity index (χ4n) is 2.39. The molecule has 0 spiro atoms. The third-order valence-electron chi connectivity index (χ3n) is 3.46. The van der Waals surface area contributed by atoms with Gasteiger partial charge in [0.2, 0.25) is 0 Å². The van der Waals surface area contributed by atoms with E-state index in [-0.39, 0.29) is 6.23 Å². The number of nitrogens with zero attached hydrogens (tertiary/aromatic N) is 3. The standard InChI is InChI=1S/C13H23N3O/c1-4-16-11(2)9-13(14-16)10-17-12(3)15-7-5-6-8-15/h9,12H,4-8,10H2,1-3H3. The Morgan fingerprint density at radius 2 is 2.12 bits per heavy atom. The van der Waals surface area contributed by atoms with Gasteiger partial charge in [0.1, 0.15) is 6.23 Å². The van der Waals surface area contributed by atoms with Crippen molar-refractivity contribution in [1.82, 2.24) is 14.7 Å². The van der Waals surface area contributed by atoms with E-state index >= 15 is 0 Å². The average molecular weight is 237 g/mol. The van der Waals surface area contributed by atoms with Gasteiger partial charge in [-0.05, 0) is 39.7 Å². The number of hydrogen-bond acceptors (Lipinski definition) is 3. The minimum absolute atomic E-state index is 0.213. The molecule has 17 heavy (non-hydrogen) atoms. The highest BCUT2D eigenvalue weighted by atomic mass is 16.5. The van der Waals surface area contributed by atoms with Crippen LogP contribution in [0.15, 0.2) is 6.07 Å². The summed E-state index contributed by atoms with van der Waals surface area (Å²) in [7, 11) is 0. The number of likely N-dealkylation sites (tertiary alicyclic amines) is 1. The van der Waals surface area contributed by atoms with E-state index < -0.39 is 0 Å². The molecule has 0 aliphatic carbocycles. The van der Waals surface area contributed by atoms with Crippen molar-refractivity contribution in [3.8, 4) is 0 Å². The van der Waals surface area contributed by atoms with Gasteiger partial charge in [-0.15, -0.1) is 0 Å². The van der Waals surface area contributed by atoms with Crippen LogP contribution in [0.4, 0.5) is 0 Å². The van der Waals surface area contributed by atoms with Gasteiger partial charge in [0.05, 0.1) is 12.3 Å². The molecule has 1 aromatic heterocycles. The first kappa shape index (κ1) is 12.6. The Labute approximate surface area is 104 Å². The van der Waals surface area contributed by atoms with Gasteiger partial charge in [-0.1, -0.05) is 0 Å². The molecule has 1 unspecified atom stereocenters. The second-order valence-corrected chi connectivity index (χ2v) is 4.75. The van der Waals surface area contributed by atoms with Crippen LogP contribution in [0, 0.1) is 6.92 Å². The number of hydrogen-bond donors (Lipinski definition) is 0. The molecule has 2 heterocycles. The highest BCUT2D eigenvalue weighted by molar-refractivity contribution is 5.07. The summed E-state index contributed by atoms with van der Waals surface area (Å²) in [6.45, 7) is 10.2. The topological polar surface area (TPSA) is 30.3 Å². The van der Waals surface area contributed by atoms with Gasteiger partial charge in [-0.25, -0.2) is 0 Å². The first-order valence-electron chi connectivity index (χ1n) is 6.59. The summed E-state index contributed by atoms with van der Waals surface area (Å²) < 4.78 is 7.89. The highest BCUT2D eigenvalue weighted by Gasteiger charge is 2.18. The Kier molecular flexibility index (Phi) is 4.18. The summed E-state index contributed by atoms with van der Waals surface area (Å²) in [5.74, 6) is 0. The minimum atomic E-state index is 0.213. The fourth-order valence-corrected chi connectivity index (χ4v) is 2.39. The molecule has 0 N–H and O–H groups in total. The molecule has 96 valence electrons. The molecule has 1 fully saturated rings. The van der Waals surface area contributed by atoms with Crippen molar-refractivity contribution in [2.75, 3.05) is 13.1 Å². The lowest BCUT2D eigenvalue weighted by Crippen LogP contribution is -2.32. The Balaban J connectivity index is 1.84. The Morgan fingerprint density at radius 3 is 2.71 bits per heavy atom. The maximum absolute atomic E-state index is 5.87. The molecule has 0 aromatic carbocycles. The van der Waals surface area contributed by atoms with Crippen molar-refractivity contribution in [2.45, 2.75) is 53.0 Å². The molecule has 1 aliphatic heterocycles. The van der Waals surface area contributed by atoms with Crippen LogP contribution in [0.25, 0.3) is 0 Å². The molecule has 1 aromatic rings. The monoisotopic (exact) mass is 237 g/mol. The van der Waals surface area contributed by atoms with Gasteiger partial charge < -0.3 is 4.74 Å². The molecule has 4 heteroatoms. The van der Waals surface area contributed by atoms with Crippen molar-refractivity contribution in [2.24, 2.45) is 0 Å². The first-order chi connectivity index (χ1) is 8.20. The lowest BCUT2D eigenvalue weighted by atomic mass is 10.4. The molecular weight excluding hydrogens is 214 g/mol. The van der Waals surface area contributed by atoms with Gasteiger partial charge in [-0.2, -0.15) is 5.10 Å². The second-order valence-electron chi connectivity index (χ2n) is 4.75.